The molecule has 0 spiro atoms. The Hall–Kier alpha value is -2.29. The van der Waals surface area contributed by atoms with Gasteiger partial charge in [0.25, 0.3) is 0 Å². The van der Waals surface area contributed by atoms with Gasteiger partial charge in [-0.15, -0.1) is 0 Å². The van der Waals surface area contributed by atoms with Crippen LogP contribution >= 0.6 is 11.6 Å². The van der Waals surface area contributed by atoms with E-state index in [0.29, 0.717) is 51.3 Å². The van der Waals surface area contributed by atoms with Gasteiger partial charge in [0.05, 0.1) is 53.6 Å². The minimum absolute atomic E-state index is 0.0616. The van der Waals surface area contributed by atoms with Gasteiger partial charge in [0, 0.05) is 54.8 Å². The lowest BCUT2D eigenvalue weighted by Crippen LogP contribution is -2.35. The first kappa shape index (κ1) is 22.2. The molecule has 1 saturated heterocycles. The van der Waals surface area contributed by atoms with E-state index in [2.05, 4.69) is 21.6 Å². The predicted octanol–water partition coefficient (Wildman–Crippen LogP) is 4.78. The summed E-state index contributed by atoms with van der Waals surface area (Å²) >= 11 is 6.15. The van der Waals surface area contributed by atoms with Gasteiger partial charge in [-0.25, -0.2) is 9.37 Å². The molecule has 1 N–H and O–H groups in total. The van der Waals surface area contributed by atoms with Gasteiger partial charge in [0.15, 0.2) is 0 Å². The SMILES string of the molecule is CCC1(O)CCOCc2cn3cc4c(CN5CCOCC5)c5cc(F)c(Cl)cc5nc4c3cc21. The highest BCUT2D eigenvalue weighted by Crippen LogP contribution is 2.38. The van der Waals surface area contributed by atoms with E-state index < -0.39 is 11.4 Å². The van der Waals surface area contributed by atoms with E-state index in [1.165, 1.54) is 6.07 Å². The Labute approximate surface area is 201 Å². The number of hydrogen-bond donors (Lipinski definition) is 1. The van der Waals surface area contributed by atoms with Crippen LogP contribution in [0, 0.1) is 5.82 Å². The van der Waals surface area contributed by atoms with Crippen LogP contribution in [-0.2, 0) is 28.2 Å². The molecule has 2 aliphatic rings. The maximum absolute atomic E-state index is 14.5. The first-order valence-electron chi connectivity index (χ1n) is 11.8. The smallest absolute Gasteiger partial charge is 0.142 e. The van der Waals surface area contributed by atoms with Crippen molar-refractivity contribution in [3.63, 3.8) is 0 Å². The highest BCUT2D eigenvalue weighted by Gasteiger charge is 2.32. The van der Waals surface area contributed by atoms with Gasteiger partial charge in [-0.2, -0.15) is 0 Å². The van der Waals surface area contributed by atoms with Crippen LogP contribution in [0.25, 0.3) is 27.3 Å². The standard InChI is InChI=1S/C26H27ClFN3O3/c1-2-26(32)3-6-34-15-16-12-31-14-19-18(13-30-4-7-33-8-5-30)17-9-22(28)21(27)11-23(17)29-25(19)24(31)10-20(16)26/h9-12,14,32H,2-8,13,15H2,1H3. The monoisotopic (exact) mass is 483 g/mol. The average Bonchev–Trinajstić information content (AvgIpc) is 3.11. The van der Waals surface area contributed by atoms with Gasteiger partial charge in [0.1, 0.15) is 5.82 Å². The molecule has 34 heavy (non-hydrogen) atoms. The Balaban J connectivity index is 1.63. The molecule has 1 unspecified atom stereocenters. The fraction of sp³-hybridized carbons (Fsp3) is 0.423. The summed E-state index contributed by atoms with van der Waals surface area (Å²) in [6.45, 7) is 6.66. The van der Waals surface area contributed by atoms with Crippen molar-refractivity contribution in [2.24, 2.45) is 0 Å². The van der Waals surface area contributed by atoms with Gasteiger partial charge < -0.3 is 19.0 Å². The molecule has 0 amide bonds. The second-order valence-corrected chi connectivity index (χ2v) is 9.75. The number of benzene rings is 1. The summed E-state index contributed by atoms with van der Waals surface area (Å²) in [5, 5.41) is 13.2. The van der Waals surface area contributed by atoms with Gasteiger partial charge in [-0.3, -0.25) is 4.90 Å². The number of fused-ring (bicyclic) bond motifs is 5. The minimum atomic E-state index is -0.940. The molecule has 0 radical (unpaired) electrons. The molecular formula is C26H27ClFN3O3. The summed E-state index contributed by atoms with van der Waals surface area (Å²) in [5.41, 5.74) is 4.36. The Morgan fingerprint density at radius 3 is 2.74 bits per heavy atom. The van der Waals surface area contributed by atoms with E-state index in [0.717, 1.165) is 51.6 Å². The van der Waals surface area contributed by atoms with Crippen molar-refractivity contribution < 1.29 is 19.0 Å². The molecule has 0 saturated carbocycles. The van der Waals surface area contributed by atoms with Gasteiger partial charge in [-0.05, 0) is 35.7 Å². The third-order valence-corrected chi connectivity index (χ3v) is 7.67. The molecule has 2 aliphatic heterocycles. The molecule has 0 aliphatic carbocycles. The molecule has 5 heterocycles. The van der Waals surface area contributed by atoms with Crippen molar-refractivity contribution in [1.82, 2.24) is 14.3 Å². The Bertz CT molecular complexity index is 1420. The van der Waals surface area contributed by atoms with Crippen molar-refractivity contribution in [1.29, 1.82) is 0 Å². The number of aliphatic hydroxyl groups is 1. The van der Waals surface area contributed by atoms with Crippen molar-refractivity contribution in [3.8, 4) is 0 Å². The quantitative estimate of drug-likeness (QED) is 0.454. The van der Waals surface area contributed by atoms with E-state index in [1.807, 2.05) is 13.1 Å². The zero-order valence-corrected chi connectivity index (χ0v) is 19.9. The van der Waals surface area contributed by atoms with Crippen molar-refractivity contribution in [2.45, 2.75) is 38.5 Å². The number of halogens is 2. The lowest BCUT2D eigenvalue weighted by atomic mass is 9.86. The molecular weight excluding hydrogens is 457 g/mol. The summed E-state index contributed by atoms with van der Waals surface area (Å²) < 4.78 is 27.9. The second-order valence-electron chi connectivity index (χ2n) is 9.35. The topological polar surface area (TPSA) is 59.2 Å². The average molecular weight is 484 g/mol. The van der Waals surface area contributed by atoms with Crippen LogP contribution in [0.5, 0.6) is 0 Å². The maximum atomic E-state index is 14.5. The fourth-order valence-electron chi connectivity index (χ4n) is 5.35. The molecule has 1 atom stereocenters. The summed E-state index contributed by atoms with van der Waals surface area (Å²) in [5.74, 6) is -0.445. The lowest BCUT2D eigenvalue weighted by Gasteiger charge is -2.27. The summed E-state index contributed by atoms with van der Waals surface area (Å²) in [6.07, 6.45) is 5.26. The molecule has 178 valence electrons. The largest absolute Gasteiger partial charge is 0.385 e. The molecule has 1 aromatic carbocycles. The zero-order valence-electron chi connectivity index (χ0n) is 19.1. The number of pyridine rings is 2. The van der Waals surface area contributed by atoms with Gasteiger partial charge in [-0.1, -0.05) is 18.5 Å². The maximum Gasteiger partial charge on any atom is 0.142 e. The number of rotatable bonds is 3. The molecule has 4 aromatic rings. The second kappa shape index (κ2) is 8.43. The number of aromatic nitrogens is 2. The van der Waals surface area contributed by atoms with Crippen LogP contribution in [0.1, 0.15) is 36.5 Å². The van der Waals surface area contributed by atoms with Crippen LogP contribution in [-0.4, -0.2) is 52.3 Å². The van der Waals surface area contributed by atoms with E-state index in [-0.39, 0.29) is 5.02 Å². The highest BCUT2D eigenvalue weighted by molar-refractivity contribution is 6.31. The van der Waals surface area contributed by atoms with Crippen LogP contribution in [0.4, 0.5) is 4.39 Å². The van der Waals surface area contributed by atoms with Gasteiger partial charge in [0.2, 0.25) is 0 Å². The fourth-order valence-corrected chi connectivity index (χ4v) is 5.51. The lowest BCUT2D eigenvalue weighted by molar-refractivity contribution is 0.00232. The third kappa shape index (κ3) is 3.58. The summed E-state index contributed by atoms with van der Waals surface area (Å²) in [6, 6.07) is 5.16. The Morgan fingerprint density at radius 2 is 1.94 bits per heavy atom. The summed E-state index contributed by atoms with van der Waals surface area (Å²) in [4.78, 5) is 7.26. The summed E-state index contributed by atoms with van der Waals surface area (Å²) in [7, 11) is 0. The van der Waals surface area contributed by atoms with Crippen molar-refractivity contribution in [2.75, 3.05) is 32.9 Å². The zero-order chi connectivity index (χ0) is 23.4. The van der Waals surface area contributed by atoms with Crippen LogP contribution in [0.2, 0.25) is 5.02 Å². The molecule has 6 nitrogen and oxygen atoms in total. The number of morpholine rings is 1. The molecule has 1 fully saturated rings. The highest BCUT2D eigenvalue weighted by atomic mass is 35.5. The minimum Gasteiger partial charge on any atom is -0.385 e. The van der Waals surface area contributed by atoms with Crippen LogP contribution < -0.4 is 0 Å². The normalized spacial score (nSPS) is 21.9. The molecule has 0 bridgehead atoms. The van der Waals surface area contributed by atoms with E-state index in [4.69, 9.17) is 26.1 Å². The number of ether oxygens (including phenoxy) is 2. The predicted molar refractivity (Wildman–Crippen MR) is 130 cm³/mol. The van der Waals surface area contributed by atoms with Crippen molar-refractivity contribution in [3.05, 3.63) is 58.1 Å². The molecule has 8 heteroatoms. The Kier molecular flexibility index (Phi) is 5.50. The van der Waals surface area contributed by atoms with Crippen LogP contribution in [0.3, 0.4) is 0 Å². The molecule has 3 aromatic heterocycles. The van der Waals surface area contributed by atoms with E-state index in [1.54, 1.807) is 6.07 Å². The third-order valence-electron chi connectivity index (χ3n) is 7.38. The first-order chi connectivity index (χ1) is 16.5. The first-order valence-corrected chi connectivity index (χ1v) is 12.2. The van der Waals surface area contributed by atoms with E-state index in [9.17, 15) is 9.50 Å². The van der Waals surface area contributed by atoms with Crippen molar-refractivity contribution >= 4 is 38.9 Å². The number of hydrogen-bond acceptors (Lipinski definition) is 5. The Morgan fingerprint density at radius 1 is 1.12 bits per heavy atom. The van der Waals surface area contributed by atoms with Crippen LogP contribution in [0.15, 0.2) is 30.6 Å². The molecule has 6 rings (SSSR count). The number of nitrogens with zero attached hydrogens (tertiary/aromatic N) is 3. The van der Waals surface area contributed by atoms with E-state index >= 15 is 0 Å². The van der Waals surface area contributed by atoms with Gasteiger partial charge >= 0.3 is 0 Å².